The van der Waals surface area contributed by atoms with Gasteiger partial charge in [-0.15, -0.1) is 24.0 Å². The first-order valence-corrected chi connectivity index (χ1v) is 10.9. The summed E-state index contributed by atoms with van der Waals surface area (Å²) < 4.78 is 26.3. The van der Waals surface area contributed by atoms with E-state index in [4.69, 9.17) is 0 Å². The van der Waals surface area contributed by atoms with Gasteiger partial charge in [0, 0.05) is 27.2 Å². The Balaban J connectivity index is 0.00000420. The van der Waals surface area contributed by atoms with Crippen molar-refractivity contribution in [2.24, 2.45) is 4.99 Å². The smallest absolute Gasteiger partial charge is 0.242 e. The van der Waals surface area contributed by atoms with E-state index in [1.54, 1.807) is 18.2 Å². The summed E-state index contributed by atoms with van der Waals surface area (Å²) in [6.45, 7) is 5.79. The first kappa shape index (κ1) is 25.4. The molecule has 0 aromatic heterocycles. The zero-order valence-corrected chi connectivity index (χ0v) is 20.6. The van der Waals surface area contributed by atoms with Crippen LogP contribution in [0.5, 0.6) is 0 Å². The van der Waals surface area contributed by atoms with Crippen LogP contribution in [0.25, 0.3) is 0 Å². The molecule has 0 aliphatic carbocycles. The molecule has 0 unspecified atom stereocenters. The number of sulfonamides is 1. The van der Waals surface area contributed by atoms with E-state index >= 15 is 0 Å². The Hall–Kier alpha value is -1.65. The third-order valence-corrected chi connectivity index (χ3v) is 6.34. The number of benzene rings is 2. The molecule has 0 aliphatic rings. The summed E-state index contributed by atoms with van der Waals surface area (Å²) >= 11 is 0. The van der Waals surface area contributed by atoms with Crippen LogP contribution in [0, 0.1) is 0 Å². The molecule has 0 amide bonds. The molecule has 0 spiro atoms. The van der Waals surface area contributed by atoms with Crippen molar-refractivity contribution in [2.75, 3.05) is 20.6 Å². The fraction of sp³-hybridized carbons (Fsp3) is 0.381. The normalized spacial score (nSPS) is 11.8. The topological polar surface area (TPSA) is 73.8 Å². The van der Waals surface area contributed by atoms with Crippen LogP contribution in [-0.4, -0.2) is 39.3 Å². The summed E-state index contributed by atoms with van der Waals surface area (Å²) in [4.78, 5) is 4.89. The molecule has 0 saturated carbocycles. The minimum atomic E-state index is -3.51. The van der Waals surface area contributed by atoms with Crippen LogP contribution in [0.15, 0.2) is 58.4 Å². The zero-order chi connectivity index (χ0) is 20.6. The molecule has 0 saturated heterocycles. The van der Waals surface area contributed by atoms with Crippen molar-refractivity contribution in [3.63, 3.8) is 0 Å². The van der Waals surface area contributed by atoms with Gasteiger partial charge in [-0.05, 0) is 36.1 Å². The maximum Gasteiger partial charge on any atom is 0.242 e. The molecular formula is C21H31IN4O2S. The molecule has 0 fully saturated rings. The lowest BCUT2D eigenvalue weighted by molar-refractivity contribution is 0.519. The van der Waals surface area contributed by atoms with Gasteiger partial charge in [-0.3, -0.25) is 0 Å². The maximum absolute atomic E-state index is 12.6. The summed E-state index contributed by atoms with van der Waals surface area (Å²) in [6, 6.07) is 15.3. The molecule has 2 rings (SSSR count). The Morgan fingerprint density at radius 1 is 0.931 bits per heavy atom. The summed E-state index contributed by atoms with van der Waals surface area (Å²) in [5.74, 6) is 0.658. The first-order chi connectivity index (χ1) is 13.4. The van der Waals surface area contributed by atoms with E-state index < -0.39 is 10.0 Å². The number of nitrogens with one attached hydrogen (secondary N) is 2. The van der Waals surface area contributed by atoms with Crippen LogP contribution >= 0.6 is 24.0 Å². The molecule has 6 nitrogen and oxygen atoms in total. The lowest BCUT2D eigenvalue weighted by Crippen LogP contribution is -2.37. The second kappa shape index (κ2) is 12.1. The van der Waals surface area contributed by atoms with Crippen LogP contribution in [0.2, 0.25) is 0 Å². The Bertz CT molecular complexity index is 914. The van der Waals surface area contributed by atoms with Gasteiger partial charge in [0.15, 0.2) is 5.96 Å². The Kier molecular flexibility index (Phi) is 10.6. The molecular weight excluding hydrogens is 499 g/mol. The molecule has 2 aromatic carbocycles. The van der Waals surface area contributed by atoms with Gasteiger partial charge in [-0.1, -0.05) is 49.4 Å². The third kappa shape index (κ3) is 6.97. The molecule has 160 valence electrons. The van der Waals surface area contributed by atoms with Crippen molar-refractivity contribution in [2.45, 2.75) is 38.3 Å². The van der Waals surface area contributed by atoms with Crippen LogP contribution < -0.4 is 10.6 Å². The molecule has 0 radical (unpaired) electrons. The monoisotopic (exact) mass is 530 g/mol. The highest BCUT2D eigenvalue weighted by molar-refractivity contribution is 14.0. The summed E-state index contributed by atoms with van der Waals surface area (Å²) in [5, 5.41) is 6.56. The number of hydrogen-bond donors (Lipinski definition) is 2. The third-order valence-electron chi connectivity index (χ3n) is 4.43. The van der Waals surface area contributed by atoms with Crippen LogP contribution in [0.1, 0.15) is 30.5 Å². The fourth-order valence-corrected chi connectivity index (χ4v) is 3.95. The molecule has 0 atom stereocenters. The van der Waals surface area contributed by atoms with Crippen molar-refractivity contribution < 1.29 is 8.42 Å². The van der Waals surface area contributed by atoms with Crippen molar-refractivity contribution >= 4 is 40.0 Å². The molecule has 29 heavy (non-hydrogen) atoms. The maximum atomic E-state index is 12.6. The first-order valence-electron chi connectivity index (χ1n) is 9.49. The molecule has 0 bridgehead atoms. The molecule has 2 aromatic rings. The van der Waals surface area contributed by atoms with Crippen molar-refractivity contribution in [1.82, 2.24) is 14.9 Å². The fourth-order valence-electron chi connectivity index (χ4n) is 2.84. The lowest BCUT2D eigenvalue weighted by Gasteiger charge is -2.16. The highest BCUT2D eigenvalue weighted by Gasteiger charge is 2.20. The SMILES string of the molecule is CCNC(=NCc1ccccc1S(=O)(=O)N(C)C)NCc1ccccc1CC.I. The van der Waals surface area contributed by atoms with Gasteiger partial charge in [0.05, 0.1) is 11.4 Å². The van der Waals surface area contributed by atoms with E-state index in [9.17, 15) is 8.42 Å². The van der Waals surface area contributed by atoms with Gasteiger partial charge < -0.3 is 10.6 Å². The number of aliphatic imine (C=N–C) groups is 1. The summed E-state index contributed by atoms with van der Waals surface area (Å²) in [5.41, 5.74) is 3.20. The van der Waals surface area contributed by atoms with E-state index in [0.29, 0.717) is 18.1 Å². The van der Waals surface area contributed by atoms with Gasteiger partial charge >= 0.3 is 0 Å². The standard InChI is InChI=1S/C21H30N4O2S.HI/c1-5-17-11-7-8-12-18(17)15-23-21(22-6-2)24-16-19-13-9-10-14-20(19)28(26,27)25(3)4;/h7-14H,5-6,15-16H2,1-4H3,(H2,22,23,24);1H. The summed E-state index contributed by atoms with van der Waals surface area (Å²) in [7, 11) is -0.441. The van der Waals surface area contributed by atoms with E-state index in [1.165, 1.54) is 29.5 Å². The molecule has 0 heterocycles. The molecule has 8 heteroatoms. The highest BCUT2D eigenvalue weighted by atomic mass is 127. The number of hydrogen-bond acceptors (Lipinski definition) is 3. The Labute approximate surface area is 191 Å². The average Bonchev–Trinajstić information content (AvgIpc) is 2.70. The van der Waals surface area contributed by atoms with Crippen molar-refractivity contribution in [3.8, 4) is 0 Å². The second-order valence-electron chi connectivity index (χ2n) is 6.57. The minimum Gasteiger partial charge on any atom is -0.357 e. The molecule has 2 N–H and O–H groups in total. The predicted molar refractivity (Wildman–Crippen MR) is 130 cm³/mol. The highest BCUT2D eigenvalue weighted by Crippen LogP contribution is 2.19. The minimum absolute atomic E-state index is 0. The van der Waals surface area contributed by atoms with Crippen molar-refractivity contribution in [1.29, 1.82) is 0 Å². The van der Waals surface area contributed by atoms with Gasteiger partial charge in [0.2, 0.25) is 10.0 Å². The number of halogens is 1. The van der Waals surface area contributed by atoms with E-state index in [2.05, 4.69) is 34.7 Å². The Morgan fingerprint density at radius 2 is 1.52 bits per heavy atom. The largest absolute Gasteiger partial charge is 0.357 e. The van der Waals surface area contributed by atoms with Crippen LogP contribution in [0.4, 0.5) is 0 Å². The van der Waals surface area contributed by atoms with E-state index in [1.807, 2.05) is 25.1 Å². The quantitative estimate of drug-likeness (QED) is 0.312. The van der Waals surface area contributed by atoms with Gasteiger partial charge in [0.25, 0.3) is 0 Å². The van der Waals surface area contributed by atoms with Gasteiger partial charge in [0.1, 0.15) is 0 Å². The lowest BCUT2D eigenvalue weighted by atomic mass is 10.1. The number of guanidine groups is 1. The number of aryl methyl sites for hydroxylation is 1. The van der Waals surface area contributed by atoms with Crippen LogP contribution in [-0.2, 0) is 29.5 Å². The van der Waals surface area contributed by atoms with Crippen LogP contribution in [0.3, 0.4) is 0 Å². The van der Waals surface area contributed by atoms with Gasteiger partial charge in [-0.25, -0.2) is 17.7 Å². The van der Waals surface area contributed by atoms with Crippen molar-refractivity contribution in [3.05, 3.63) is 65.2 Å². The van der Waals surface area contributed by atoms with Gasteiger partial charge in [-0.2, -0.15) is 0 Å². The average molecular weight is 530 g/mol. The predicted octanol–water partition coefficient (Wildman–Crippen LogP) is 3.37. The second-order valence-corrected chi connectivity index (χ2v) is 8.69. The molecule has 0 aliphatic heterocycles. The zero-order valence-electron chi connectivity index (χ0n) is 17.5. The number of rotatable bonds is 8. The van der Waals surface area contributed by atoms with E-state index in [-0.39, 0.29) is 35.4 Å². The van der Waals surface area contributed by atoms with E-state index in [0.717, 1.165) is 13.0 Å². The summed E-state index contributed by atoms with van der Waals surface area (Å²) in [6.07, 6.45) is 0.974. The Morgan fingerprint density at radius 3 is 2.10 bits per heavy atom. The number of nitrogens with zero attached hydrogens (tertiary/aromatic N) is 2.